The first-order valence-corrected chi connectivity index (χ1v) is 4.69. The highest BCUT2D eigenvalue weighted by molar-refractivity contribution is 5.44. The fraction of sp³-hybridized carbons (Fsp3) is 0.455. The van der Waals surface area contributed by atoms with Crippen LogP contribution < -0.4 is 5.32 Å². The molecular weight excluding hydrogens is 146 g/mol. The number of benzene rings is 1. The molecule has 1 N–H and O–H groups in total. The molecule has 0 aliphatic rings. The zero-order valence-electron chi connectivity index (χ0n) is 7.93. The van der Waals surface area contributed by atoms with Gasteiger partial charge in [-0.2, -0.15) is 0 Å². The van der Waals surface area contributed by atoms with Crippen molar-refractivity contribution in [2.45, 2.75) is 26.7 Å². The Hall–Kier alpha value is -0.980. The van der Waals surface area contributed by atoms with Gasteiger partial charge in [-0.3, -0.25) is 0 Å². The minimum Gasteiger partial charge on any atom is -0.385 e. The summed E-state index contributed by atoms with van der Waals surface area (Å²) in [5.41, 5.74) is 2.65. The van der Waals surface area contributed by atoms with Crippen molar-refractivity contribution in [2.75, 3.05) is 11.9 Å². The molecule has 66 valence electrons. The van der Waals surface area contributed by atoms with Crippen LogP contribution in [0.15, 0.2) is 24.3 Å². The summed E-state index contributed by atoms with van der Waals surface area (Å²) in [4.78, 5) is 0. The van der Waals surface area contributed by atoms with E-state index in [1.54, 1.807) is 0 Å². The molecule has 1 rings (SSSR count). The largest absolute Gasteiger partial charge is 0.385 e. The van der Waals surface area contributed by atoms with E-state index in [0.717, 1.165) is 6.54 Å². The lowest BCUT2D eigenvalue weighted by Gasteiger charge is -2.03. The first-order valence-electron chi connectivity index (χ1n) is 4.69. The molecular formula is C11H17N. The van der Waals surface area contributed by atoms with Gasteiger partial charge in [0.2, 0.25) is 0 Å². The van der Waals surface area contributed by atoms with Crippen molar-refractivity contribution in [1.82, 2.24) is 0 Å². The van der Waals surface area contributed by atoms with Crippen LogP contribution in [0.2, 0.25) is 0 Å². The number of anilines is 1. The minimum atomic E-state index is 0.993. The van der Waals surface area contributed by atoms with E-state index in [0.29, 0.717) is 0 Å². The second-order valence-electron chi connectivity index (χ2n) is 2.98. The van der Waals surface area contributed by atoms with Crippen molar-refractivity contribution < 1.29 is 0 Å². The zero-order chi connectivity index (χ0) is 8.81. The van der Waals surface area contributed by atoms with Gasteiger partial charge in [0, 0.05) is 12.2 Å². The average molecular weight is 163 g/mol. The molecule has 1 aromatic carbocycles. The minimum absolute atomic E-state index is 0.993. The van der Waals surface area contributed by atoms with Crippen molar-refractivity contribution >= 4 is 5.69 Å². The summed E-state index contributed by atoms with van der Waals surface area (Å²) in [6, 6.07) is 8.69. The Labute approximate surface area is 74.8 Å². The Bertz CT molecular complexity index is 188. The molecule has 12 heavy (non-hydrogen) atoms. The zero-order valence-corrected chi connectivity index (χ0v) is 7.93. The second kappa shape index (κ2) is 4.81. The topological polar surface area (TPSA) is 12.0 Å². The summed E-state index contributed by atoms with van der Waals surface area (Å²) < 4.78 is 0. The quantitative estimate of drug-likeness (QED) is 0.719. The summed E-state index contributed by atoms with van der Waals surface area (Å²) >= 11 is 0. The van der Waals surface area contributed by atoms with Crippen molar-refractivity contribution in [3.63, 3.8) is 0 Å². The lowest BCUT2D eigenvalue weighted by Crippen LogP contribution is -1.95. The molecule has 0 heterocycles. The summed E-state index contributed by atoms with van der Waals surface area (Å²) in [7, 11) is 0. The van der Waals surface area contributed by atoms with Gasteiger partial charge in [-0.15, -0.1) is 0 Å². The van der Waals surface area contributed by atoms with E-state index in [-0.39, 0.29) is 0 Å². The molecule has 0 fully saturated rings. The molecule has 0 saturated heterocycles. The van der Waals surface area contributed by atoms with Crippen LogP contribution in [0.5, 0.6) is 0 Å². The summed E-state index contributed by atoms with van der Waals surface area (Å²) in [6.45, 7) is 5.31. The van der Waals surface area contributed by atoms with E-state index in [4.69, 9.17) is 0 Å². The van der Waals surface area contributed by atoms with E-state index in [2.05, 4.69) is 43.4 Å². The Morgan fingerprint density at radius 3 is 2.25 bits per heavy atom. The van der Waals surface area contributed by atoms with E-state index >= 15 is 0 Å². The summed E-state index contributed by atoms with van der Waals surface area (Å²) in [5, 5.41) is 3.28. The van der Waals surface area contributed by atoms with Crippen LogP contribution in [0, 0.1) is 0 Å². The van der Waals surface area contributed by atoms with Gasteiger partial charge in [0.25, 0.3) is 0 Å². The van der Waals surface area contributed by atoms with E-state index in [1.807, 2.05) is 0 Å². The van der Waals surface area contributed by atoms with Crippen molar-refractivity contribution in [3.8, 4) is 0 Å². The number of hydrogen-bond donors (Lipinski definition) is 1. The molecule has 0 aromatic heterocycles. The van der Waals surface area contributed by atoms with Gasteiger partial charge >= 0.3 is 0 Å². The van der Waals surface area contributed by atoms with Crippen LogP contribution in [0.3, 0.4) is 0 Å². The van der Waals surface area contributed by atoms with Gasteiger partial charge in [0.1, 0.15) is 0 Å². The highest BCUT2D eigenvalue weighted by atomic mass is 14.8. The molecule has 1 heteroatoms. The highest BCUT2D eigenvalue weighted by Gasteiger charge is 1.91. The molecule has 0 radical (unpaired) electrons. The van der Waals surface area contributed by atoms with Gasteiger partial charge in [0.05, 0.1) is 0 Å². The standard InChI is InChI=1S/C11H17N/c1-3-5-10-6-8-11(9-7-10)12-4-2/h6-9,12H,3-5H2,1-2H3. The Kier molecular flexibility index (Phi) is 3.65. The van der Waals surface area contributed by atoms with Crippen LogP contribution in [0.25, 0.3) is 0 Å². The molecule has 0 bridgehead atoms. The number of hydrogen-bond acceptors (Lipinski definition) is 1. The predicted octanol–water partition coefficient (Wildman–Crippen LogP) is 3.07. The molecule has 0 spiro atoms. The Balaban J connectivity index is 2.58. The predicted molar refractivity (Wildman–Crippen MR) is 54.6 cm³/mol. The fourth-order valence-electron chi connectivity index (χ4n) is 1.28. The molecule has 0 aliphatic heterocycles. The Morgan fingerprint density at radius 2 is 1.75 bits per heavy atom. The summed E-state index contributed by atoms with van der Waals surface area (Å²) in [6.07, 6.45) is 2.41. The fourth-order valence-corrected chi connectivity index (χ4v) is 1.28. The summed E-state index contributed by atoms with van der Waals surface area (Å²) in [5.74, 6) is 0. The number of rotatable bonds is 4. The van der Waals surface area contributed by atoms with E-state index in [9.17, 15) is 0 Å². The van der Waals surface area contributed by atoms with E-state index < -0.39 is 0 Å². The first kappa shape index (κ1) is 9.11. The lowest BCUT2D eigenvalue weighted by molar-refractivity contribution is 0.922. The third-order valence-corrected chi connectivity index (χ3v) is 1.87. The maximum Gasteiger partial charge on any atom is 0.0340 e. The smallest absolute Gasteiger partial charge is 0.0340 e. The third kappa shape index (κ3) is 2.57. The van der Waals surface area contributed by atoms with Crippen molar-refractivity contribution in [2.24, 2.45) is 0 Å². The van der Waals surface area contributed by atoms with Crippen LogP contribution >= 0.6 is 0 Å². The molecule has 1 nitrogen and oxygen atoms in total. The van der Waals surface area contributed by atoms with Gasteiger partial charge in [-0.25, -0.2) is 0 Å². The second-order valence-corrected chi connectivity index (χ2v) is 2.98. The molecule has 0 amide bonds. The van der Waals surface area contributed by atoms with E-state index in [1.165, 1.54) is 24.1 Å². The Morgan fingerprint density at radius 1 is 1.08 bits per heavy atom. The van der Waals surface area contributed by atoms with Gasteiger partial charge in [0.15, 0.2) is 0 Å². The van der Waals surface area contributed by atoms with Gasteiger partial charge in [-0.05, 0) is 31.0 Å². The highest BCUT2D eigenvalue weighted by Crippen LogP contribution is 2.10. The lowest BCUT2D eigenvalue weighted by atomic mass is 10.1. The number of aryl methyl sites for hydroxylation is 1. The first-order chi connectivity index (χ1) is 5.86. The normalized spacial score (nSPS) is 9.83. The monoisotopic (exact) mass is 163 g/mol. The molecule has 0 unspecified atom stereocenters. The average Bonchev–Trinajstić information content (AvgIpc) is 2.09. The van der Waals surface area contributed by atoms with Crippen molar-refractivity contribution in [1.29, 1.82) is 0 Å². The van der Waals surface area contributed by atoms with Gasteiger partial charge in [-0.1, -0.05) is 25.5 Å². The third-order valence-electron chi connectivity index (χ3n) is 1.87. The molecule has 0 saturated carbocycles. The van der Waals surface area contributed by atoms with Crippen molar-refractivity contribution in [3.05, 3.63) is 29.8 Å². The molecule has 1 aromatic rings. The maximum absolute atomic E-state index is 3.28. The number of nitrogens with one attached hydrogen (secondary N) is 1. The maximum atomic E-state index is 3.28. The molecule has 0 aliphatic carbocycles. The van der Waals surface area contributed by atoms with Crippen LogP contribution in [0.1, 0.15) is 25.8 Å². The SMILES string of the molecule is CCCc1ccc(NCC)cc1. The van der Waals surface area contributed by atoms with Gasteiger partial charge < -0.3 is 5.32 Å². The van der Waals surface area contributed by atoms with Crippen LogP contribution in [0.4, 0.5) is 5.69 Å². The van der Waals surface area contributed by atoms with Crippen LogP contribution in [-0.2, 0) is 6.42 Å². The van der Waals surface area contributed by atoms with Crippen LogP contribution in [-0.4, -0.2) is 6.54 Å². The molecule has 0 atom stereocenters.